The maximum Gasteiger partial charge on any atom is 0.245 e. The lowest BCUT2D eigenvalue weighted by molar-refractivity contribution is 0.412. The van der Waals surface area contributed by atoms with Crippen LogP contribution in [-0.2, 0) is 0 Å². The van der Waals surface area contributed by atoms with Crippen LogP contribution in [0.1, 0.15) is 12.8 Å². The van der Waals surface area contributed by atoms with Crippen molar-refractivity contribution in [3.63, 3.8) is 0 Å². The first-order valence-corrected chi connectivity index (χ1v) is 7.73. The zero-order valence-corrected chi connectivity index (χ0v) is 13.4. The summed E-state index contributed by atoms with van der Waals surface area (Å²) < 4.78 is 6.12. The fourth-order valence-corrected chi connectivity index (χ4v) is 3.07. The van der Waals surface area contributed by atoms with Crippen molar-refractivity contribution in [2.45, 2.75) is 18.9 Å². The van der Waals surface area contributed by atoms with Gasteiger partial charge in [0.2, 0.25) is 5.95 Å². The normalized spacial score (nSPS) is 18.8. The second-order valence-electron chi connectivity index (χ2n) is 5.18. The molecule has 0 spiro atoms. The van der Waals surface area contributed by atoms with Crippen molar-refractivity contribution >= 4 is 21.9 Å². The van der Waals surface area contributed by atoms with Gasteiger partial charge in [0.25, 0.3) is 0 Å². The van der Waals surface area contributed by atoms with Gasteiger partial charge in [0.15, 0.2) is 5.82 Å². The molecule has 0 radical (unpaired) electrons. The maximum atomic E-state index is 6.00. The van der Waals surface area contributed by atoms with Crippen LogP contribution in [0.4, 0.5) is 5.95 Å². The van der Waals surface area contributed by atoms with Crippen LogP contribution in [0.2, 0.25) is 0 Å². The molecule has 2 heterocycles. The third kappa shape index (κ3) is 3.03. The Morgan fingerprint density at radius 2 is 2.33 bits per heavy atom. The molecule has 1 aliphatic rings. The molecule has 6 nitrogen and oxygen atoms in total. The Kier molecular flexibility index (Phi) is 4.12. The van der Waals surface area contributed by atoms with E-state index < -0.39 is 0 Å². The summed E-state index contributed by atoms with van der Waals surface area (Å²) >= 11 is 3.48. The first kappa shape index (κ1) is 14.3. The van der Waals surface area contributed by atoms with Crippen LogP contribution in [0, 0.1) is 0 Å². The van der Waals surface area contributed by atoms with E-state index in [4.69, 9.17) is 10.5 Å². The number of methoxy groups -OCH3 is 1. The minimum Gasteiger partial charge on any atom is -0.496 e. The van der Waals surface area contributed by atoms with Gasteiger partial charge in [0, 0.05) is 24.7 Å². The van der Waals surface area contributed by atoms with Crippen molar-refractivity contribution in [2.75, 3.05) is 25.1 Å². The first-order valence-electron chi connectivity index (χ1n) is 6.94. The summed E-state index contributed by atoms with van der Waals surface area (Å²) in [5, 5.41) is 7.30. The molecule has 0 amide bonds. The van der Waals surface area contributed by atoms with Gasteiger partial charge >= 0.3 is 0 Å². The lowest BCUT2D eigenvalue weighted by Gasteiger charge is -2.29. The van der Waals surface area contributed by atoms with Gasteiger partial charge in [-0.1, -0.05) is 0 Å². The number of aromatic nitrogens is 3. The van der Waals surface area contributed by atoms with Gasteiger partial charge in [0.05, 0.1) is 11.6 Å². The van der Waals surface area contributed by atoms with Gasteiger partial charge in [0.1, 0.15) is 5.75 Å². The summed E-state index contributed by atoms with van der Waals surface area (Å²) in [7, 11) is 1.64. The molecule has 0 bridgehead atoms. The molecule has 112 valence electrons. The van der Waals surface area contributed by atoms with Gasteiger partial charge < -0.3 is 15.4 Å². The van der Waals surface area contributed by atoms with E-state index in [9.17, 15) is 0 Å². The highest BCUT2D eigenvalue weighted by Gasteiger charge is 2.20. The van der Waals surface area contributed by atoms with Crippen molar-refractivity contribution in [1.82, 2.24) is 15.2 Å². The molecule has 1 aliphatic heterocycles. The van der Waals surface area contributed by atoms with Crippen LogP contribution in [0.3, 0.4) is 0 Å². The summed E-state index contributed by atoms with van der Waals surface area (Å²) in [5.41, 5.74) is 6.97. The third-order valence-electron chi connectivity index (χ3n) is 3.64. The predicted octanol–water partition coefficient (Wildman–Crippen LogP) is 2.17. The molecule has 21 heavy (non-hydrogen) atoms. The van der Waals surface area contributed by atoms with Gasteiger partial charge in [-0.3, -0.25) is 5.10 Å². The Labute approximate surface area is 131 Å². The zero-order valence-electron chi connectivity index (χ0n) is 11.8. The lowest BCUT2D eigenvalue weighted by atomic mass is 10.1. The summed E-state index contributed by atoms with van der Waals surface area (Å²) in [5.74, 6) is 2.25. The van der Waals surface area contributed by atoms with Crippen LogP contribution in [0.15, 0.2) is 22.7 Å². The van der Waals surface area contributed by atoms with E-state index in [1.807, 2.05) is 18.2 Å². The summed E-state index contributed by atoms with van der Waals surface area (Å²) in [6.07, 6.45) is 2.15. The Balaban J connectivity index is 1.82. The summed E-state index contributed by atoms with van der Waals surface area (Å²) in [6.45, 7) is 1.76. The van der Waals surface area contributed by atoms with Crippen LogP contribution in [-0.4, -0.2) is 41.4 Å². The number of anilines is 1. The van der Waals surface area contributed by atoms with Gasteiger partial charge in [-0.2, -0.15) is 4.98 Å². The van der Waals surface area contributed by atoms with E-state index in [0.29, 0.717) is 5.95 Å². The lowest BCUT2D eigenvalue weighted by Crippen LogP contribution is -2.43. The van der Waals surface area contributed by atoms with Crippen molar-refractivity contribution in [2.24, 2.45) is 5.73 Å². The molecule has 2 aromatic rings. The number of hydrogen-bond donors (Lipinski definition) is 2. The molecular weight excluding hydrogens is 334 g/mol. The minimum atomic E-state index is 0.204. The average Bonchev–Trinajstić information content (AvgIpc) is 2.97. The third-order valence-corrected chi connectivity index (χ3v) is 4.26. The molecule has 1 aromatic heterocycles. The number of aromatic amines is 1. The molecule has 1 fully saturated rings. The number of halogens is 1. The zero-order chi connectivity index (χ0) is 14.8. The number of hydrogen-bond acceptors (Lipinski definition) is 5. The maximum absolute atomic E-state index is 6.00. The Hall–Kier alpha value is -1.60. The topological polar surface area (TPSA) is 80.1 Å². The van der Waals surface area contributed by atoms with Crippen LogP contribution in [0.5, 0.6) is 5.75 Å². The molecule has 0 saturated carbocycles. The predicted molar refractivity (Wildman–Crippen MR) is 85.5 cm³/mol. The highest BCUT2D eigenvalue weighted by Crippen LogP contribution is 2.29. The molecule has 1 atom stereocenters. The number of piperidine rings is 1. The smallest absolute Gasteiger partial charge is 0.245 e. The van der Waals surface area contributed by atoms with Crippen LogP contribution >= 0.6 is 15.9 Å². The summed E-state index contributed by atoms with van der Waals surface area (Å²) in [4.78, 5) is 6.71. The van der Waals surface area contributed by atoms with E-state index in [1.54, 1.807) is 7.11 Å². The largest absolute Gasteiger partial charge is 0.496 e. The van der Waals surface area contributed by atoms with Crippen LogP contribution in [0.25, 0.3) is 11.4 Å². The monoisotopic (exact) mass is 351 g/mol. The highest BCUT2D eigenvalue weighted by molar-refractivity contribution is 9.10. The first-order chi connectivity index (χ1) is 10.2. The Morgan fingerprint density at radius 1 is 1.48 bits per heavy atom. The second kappa shape index (κ2) is 6.03. The molecule has 7 heteroatoms. The average molecular weight is 352 g/mol. The molecule has 3 N–H and O–H groups in total. The van der Waals surface area contributed by atoms with E-state index in [2.05, 4.69) is 36.0 Å². The molecule has 1 aromatic carbocycles. The van der Waals surface area contributed by atoms with Crippen molar-refractivity contribution in [1.29, 1.82) is 0 Å². The highest BCUT2D eigenvalue weighted by atomic mass is 79.9. The standard InChI is InChI=1S/C14H18BrN5O/c1-21-12-5-4-9(7-11(12)15)13-17-14(19-18-13)20-6-2-3-10(16)8-20/h4-5,7,10H,2-3,6,8,16H2,1H3,(H,17,18,19). The van der Waals surface area contributed by atoms with Crippen LogP contribution < -0.4 is 15.4 Å². The van der Waals surface area contributed by atoms with E-state index in [1.165, 1.54) is 0 Å². The molecule has 3 rings (SSSR count). The second-order valence-corrected chi connectivity index (χ2v) is 6.04. The van der Waals surface area contributed by atoms with E-state index in [-0.39, 0.29) is 6.04 Å². The van der Waals surface area contributed by atoms with Gasteiger partial charge in [-0.25, -0.2) is 0 Å². The number of H-pyrrole nitrogens is 1. The quantitative estimate of drug-likeness (QED) is 0.885. The van der Waals surface area contributed by atoms with Crippen molar-refractivity contribution < 1.29 is 4.74 Å². The number of nitrogens with zero attached hydrogens (tertiary/aromatic N) is 3. The number of rotatable bonds is 3. The summed E-state index contributed by atoms with van der Waals surface area (Å²) in [6, 6.07) is 6.02. The molecule has 0 aliphatic carbocycles. The number of nitrogens with two attached hydrogens (primary N) is 1. The number of benzene rings is 1. The molecule has 1 unspecified atom stereocenters. The van der Waals surface area contributed by atoms with Gasteiger partial charge in [-0.15, -0.1) is 5.10 Å². The Morgan fingerprint density at radius 3 is 3.05 bits per heavy atom. The minimum absolute atomic E-state index is 0.204. The number of ether oxygens (including phenoxy) is 1. The molecule has 1 saturated heterocycles. The fourth-order valence-electron chi connectivity index (χ4n) is 2.53. The number of nitrogens with one attached hydrogen (secondary N) is 1. The van der Waals surface area contributed by atoms with E-state index >= 15 is 0 Å². The van der Waals surface area contributed by atoms with Crippen molar-refractivity contribution in [3.05, 3.63) is 22.7 Å². The van der Waals surface area contributed by atoms with E-state index in [0.717, 1.165) is 47.5 Å². The Bertz CT molecular complexity index is 630. The van der Waals surface area contributed by atoms with Crippen molar-refractivity contribution in [3.8, 4) is 17.1 Å². The fraction of sp³-hybridized carbons (Fsp3) is 0.429. The molecular formula is C14H18BrN5O. The van der Waals surface area contributed by atoms with Gasteiger partial charge in [-0.05, 0) is 47.0 Å². The SMILES string of the molecule is COc1ccc(-c2nc(N3CCCC(N)C3)n[nH]2)cc1Br.